The molecule has 132 valence electrons. The largest absolute Gasteiger partial charge is 0.421 e. The van der Waals surface area contributed by atoms with Crippen LogP contribution in [0.15, 0.2) is 34.7 Å². The lowest BCUT2D eigenvalue weighted by atomic mass is 10.1. The number of nitrogen functional groups attached to an aromatic ring is 1. The SMILES string of the molecule is CC(C)c1nnc2ccc(-c3oc(N)nc3-c3ccc(F)cc3F)nn12. The van der Waals surface area contributed by atoms with E-state index in [1.54, 1.807) is 16.6 Å². The van der Waals surface area contributed by atoms with E-state index in [2.05, 4.69) is 20.3 Å². The average Bonchev–Trinajstić information content (AvgIpc) is 3.17. The van der Waals surface area contributed by atoms with Gasteiger partial charge in [-0.1, -0.05) is 13.8 Å². The second kappa shape index (κ2) is 5.87. The molecule has 0 atom stereocenters. The van der Waals surface area contributed by atoms with E-state index in [0.717, 1.165) is 12.1 Å². The van der Waals surface area contributed by atoms with Crippen molar-refractivity contribution in [3.05, 3.63) is 47.8 Å². The molecule has 4 aromatic rings. The van der Waals surface area contributed by atoms with Gasteiger partial charge in [0.2, 0.25) is 0 Å². The molecule has 0 aliphatic heterocycles. The van der Waals surface area contributed by atoms with Crippen LogP contribution in [0.4, 0.5) is 14.8 Å². The van der Waals surface area contributed by atoms with Crippen LogP contribution < -0.4 is 5.73 Å². The number of oxazole rings is 1. The fourth-order valence-electron chi connectivity index (χ4n) is 2.66. The summed E-state index contributed by atoms with van der Waals surface area (Å²) in [5.74, 6) is -0.508. The molecule has 0 saturated carbocycles. The van der Waals surface area contributed by atoms with Gasteiger partial charge in [-0.3, -0.25) is 0 Å². The van der Waals surface area contributed by atoms with Crippen LogP contribution in [-0.2, 0) is 0 Å². The molecule has 4 rings (SSSR count). The maximum atomic E-state index is 14.2. The fraction of sp³-hybridized carbons (Fsp3) is 0.176. The zero-order valence-electron chi connectivity index (χ0n) is 13.9. The summed E-state index contributed by atoms with van der Waals surface area (Å²) in [6.45, 7) is 3.94. The van der Waals surface area contributed by atoms with E-state index in [9.17, 15) is 8.78 Å². The van der Waals surface area contributed by atoms with Gasteiger partial charge >= 0.3 is 0 Å². The first-order chi connectivity index (χ1) is 12.4. The molecule has 7 nitrogen and oxygen atoms in total. The predicted octanol–water partition coefficient (Wildman–Crippen LogP) is 3.43. The first kappa shape index (κ1) is 16.1. The lowest BCUT2D eigenvalue weighted by molar-refractivity contribution is 0.583. The second-order valence-corrected chi connectivity index (χ2v) is 6.06. The Labute approximate surface area is 146 Å². The quantitative estimate of drug-likeness (QED) is 0.604. The highest BCUT2D eigenvalue weighted by Gasteiger charge is 2.21. The van der Waals surface area contributed by atoms with Gasteiger partial charge in [0.1, 0.15) is 23.0 Å². The monoisotopic (exact) mass is 356 g/mol. The number of nitrogens with two attached hydrogens (primary N) is 1. The van der Waals surface area contributed by atoms with E-state index in [1.807, 2.05) is 13.8 Å². The second-order valence-electron chi connectivity index (χ2n) is 6.06. The first-order valence-corrected chi connectivity index (χ1v) is 7.88. The molecule has 1 aromatic carbocycles. The van der Waals surface area contributed by atoms with Crippen molar-refractivity contribution < 1.29 is 13.2 Å². The Kier molecular flexibility index (Phi) is 3.64. The Hall–Kier alpha value is -3.36. The maximum absolute atomic E-state index is 14.2. The molecule has 3 heterocycles. The predicted molar refractivity (Wildman–Crippen MR) is 90.1 cm³/mol. The molecular weight excluding hydrogens is 342 g/mol. The molecule has 0 bridgehead atoms. The molecule has 3 aromatic heterocycles. The molecule has 26 heavy (non-hydrogen) atoms. The zero-order valence-corrected chi connectivity index (χ0v) is 13.9. The summed E-state index contributed by atoms with van der Waals surface area (Å²) in [6, 6.07) is 6.41. The van der Waals surface area contributed by atoms with Gasteiger partial charge in [-0.25, -0.2) is 8.78 Å². The van der Waals surface area contributed by atoms with Crippen molar-refractivity contribution in [1.29, 1.82) is 0 Å². The summed E-state index contributed by atoms with van der Waals surface area (Å²) in [7, 11) is 0. The zero-order chi connectivity index (χ0) is 18.4. The number of aromatic nitrogens is 5. The Morgan fingerprint density at radius 1 is 1.12 bits per heavy atom. The number of hydrogen-bond acceptors (Lipinski definition) is 6. The molecule has 0 unspecified atom stereocenters. The van der Waals surface area contributed by atoms with Gasteiger partial charge in [-0.05, 0) is 24.3 Å². The molecule has 0 spiro atoms. The normalized spacial score (nSPS) is 11.6. The summed E-state index contributed by atoms with van der Waals surface area (Å²) in [4.78, 5) is 4.04. The lowest BCUT2D eigenvalue weighted by Gasteiger charge is -2.05. The van der Waals surface area contributed by atoms with E-state index in [1.165, 1.54) is 6.07 Å². The summed E-state index contributed by atoms with van der Waals surface area (Å²) >= 11 is 0. The van der Waals surface area contributed by atoms with Gasteiger partial charge in [-0.15, -0.1) is 10.2 Å². The van der Waals surface area contributed by atoms with Crippen LogP contribution in [0.2, 0.25) is 0 Å². The number of hydrogen-bond donors (Lipinski definition) is 1. The third-order valence-electron chi connectivity index (χ3n) is 3.87. The van der Waals surface area contributed by atoms with Crippen LogP contribution in [0.1, 0.15) is 25.6 Å². The third kappa shape index (κ3) is 2.57. The Morgan fingerprint density at radius 3 is 2.65 bits per heavy atom. The van der Waals surface area contributed by atoms with Crippen LogP contribution in [0.3, 0.4) is 0 Å². The molecular formula is C17H14F2N6O. The average molecular weight is 356 g/mol. The number of rotatable bonds is 3. The molecule has 0 fully saturated rings. The van der Waals surface area contributed by atoms with Crippen LogP contribution in [0.5, 0.6) is 0 Å². The topological polar surface area (TPSA) is 95.1 Å². The minimum atomic E-state index is -0.771. The molecule has 9 heteroatoms. The maximum Gasteiger partial charge on any atom is 0.293 e. The number of benzene rings is 1. The van der Waals surface area contributed by atoms with Gasteiger partial charge in [0.25, 0.3) is 6.01 Å². The van der Waals surface area contributed by atoms with Gasteiger partial charge in [0.15, 0.2) is 17.2 Å². The van der Waals surface area contributed by atoms with Crippen molar-refractivity contribution in [1.82, 2.24) is 24.8 Å². The Balaban J connectivity index is 1.91. The molecule has 0 amide bonds. The van der Waals surface area contributed by atoms with Crippen molar-refractivity contribution >= 4 is 11.7 Å². The highest BCUT2D eigenvalue weighted by atomic mass is 19.1. The van der Waals surface area contributed by atoms with Crippen molar-refractivity contribution in [3.63, 3.8) is 0 Å². The Bertz CT molecular complexity index is 1120. The highest BCUT2D eigenvalue weighted by molar-refractivity contribution is 5.76. The molecule has 2 N–H and O–H groups in total. The van der Waals surface area contributed by atoms with E-state index < -0.39 is 11.6 Å². The van der Waals surface area contributed by atoms with Crippen molar-refractivity contribution in [2.75, 3.05) is 5.73 Å². The minimum Gasteiger partial charge on any atom is -0.421 e. The summed E-state index contributed by atoms with van der Waals surface area (Å²) in [5, 5.41) is 12.7. The smallest absolute Gasteiger partial charge is 0.293 e. The minimum absolute atomic E-state index is 0.0663. The van der Waals surface area contributed by atoms with Gasteiger partial charge in [0, 0.05) is 17.5 Å². The van der Waals surface area contributed by atoms with Crippen LogP contribution >= 0.6 is 0 Å². The summed E-state index contributed by atoms with van der Waals surface area (Å²) < 4.78 is 34.5. The summed E-state index contributed by atoms with van der Waals surface area (Å²) in [6.07, 6.45) is 0. The van der Waals surface area contributed by atoms with Crippen molar-refractivity contribution in [2.24, 2.45) is 0 Å². The highest BCUT2D eigenvalue weighted by Crippen LogP contribution is 2.34. The van der Waals surface area contributed by atoms with Crippen molar-refractivity contribution in [2.45, 2.75) is 19.8 Å². The van der Waals surface area contributed by atoms with E-state index in [0.29, 0.717) is 17.2 Å². The number of anilines is 1. The third-order valence-corrected chi connectivity index (χ3v) is 3.87. The molecule has 0 aliphatic carbocycles. The van der Waals surface area contributed by atoms with Crippen LogP contribution in [0, 0.1) is 11.6 Å². The summed E-state index contributed by atoms with van der Waals surface area (Å²) in [5.41, 5.74) is 6.83. The van der Waals surface area contributed by atoms with Crippen molar-refractivity contribution in [3.8, 4) is 22.7 Å². The van der Waals surface area contributed by atoms with E-state index in [4.69, 9.17) is 10.2 Å². The van der Waals surface area contributed by atoms with E-state index in [-0.39, 0.29) is 29.0 Å². The lowest BCUT2D eigenvalue weighted by Crippen LogP contribution is -2.02. The van der Waals surface area contributed by atoms with Crippen LogP contribution in [0.25, 0.3) is 28.4 Å². The number of nitrogens with zero attached hydrogens (tertiary/aromatic N) is 5. The number of fused-ring (bicyclic) bond motifs is 1. The standard InChI is InChI=1S/C17H14F2N6O/c1-8(2)16-23-22-13-6-5-12(24-25(13)16)15-14(21-17(20)26-15)10-4-3-9(18)7-11(10)19/h3-8H,1-2H3,(H2,20,21). The van der Waals surface area contributed by atoms with Gasteiger partial charge < -0.3 is 10.2 Å². The molecule has 0 aliphatic rings. The fourth-order valence-corrected chi connectivity index (χ4v) is 2.66. The number of halogens is 2. The first-order valence-electron chi connectivity index (χ1n) is 7.88. The molecule has 0 saturated heterocycles. The Morgan fingerprint density at radius 2 is 1.92 bits per heavy atom. The molecule has 0 radical (unpaired) electrons. The van der Waals surface area contributed by atoms with Crippen LogP contribution in [-0.4, -0.2) is 24.8 Å². The van der Waals surface area contributed by atoms with Gasteiger partial charge in [0.05, 0.1) is 0 Å². The van der Waals surface area contributed by atoms with E-state index >= 15 is 0 Å². The van der Waals surface area contributed by atoms with Gasteiger partial charge in [-0.2, -0.15) is 14.6 Å².